The van der Waals surface area contributed by atoms with Crippen molar-refractivity contribution in [1.82, 2.24) is 5.32 Å². The van der Waals surface area contributed by atoms with Crippen LogP contribution in [0.3, 0.4) is 0 Å². The van der Waals surface area contributed by atoms with Crippen molar-refractivity contribution in [3.63, 3.8) is 0 Å². The second kappa shape index (κ2) is 8.25. The first kappa shape index (κ1) is 19.6. The molecule has 3 rings (SSSR count). The lowest BCUT2D eigenvalue weighted by atomic mass is 10.0. The molecule has 28 heavy (non-hydrogen) atoms. The van der Waals surface area contributed by atoms with E-state index in [9.17, 15) is 13.6 Å². The minimum Gasteiger partial charge on any atom is -0.488 e. The van der Waals surface area contributed by atoms with Crippen LogP contribution in [0, 0.1) is 11.6 Å². The van der Waals surface area contributed by atoms with Crippen molar-refractivity contribution >= 4 is 16.7 Å². The maximum Gasteiger partial charge on any atom is 0.217 e. The first-order valence-electron chi connectivity index (χ1n) is 8.98. The molecule has 6 heteroatoms. The highest BCUT2D eigenvalue weighted by atomic mass is 19.1. The van der Waals surface area contributed by atoms with Crippen molar-refractivity contribution in [1.29, 1.82) is 0 Å². The molecule has 1 N–H and O–H groups in total. The van der Waals surface area contributed by atoms with E-state index in [0.29, 0.717) is 5.75 Å². The number of amides is 1. The molecule has 0 bridgehead atoms. The van der Waals surface area contributed by atoms with E-state index < -0.39 is 17.4 Å². The topological polar surface area (TPSA) is 47.6 Å². The van der Waals surface area contributed by atoms with Gasteiger partial charge in [0.05, 0.1) is 12.6 Å². The van der Waals surface area contributed by atoms with Crippen LogP contribution in [-0.2, 0) is 4.79 Å². The molecular formula is C22H21F2NO3. The average molecular weight is 385 g/mol. The van der Waals surface area contributed by atoms with E-state index in [2.05, 4.69) is 5.32 Å². The van der Waals surface area contributed by atoms with Crippen molar-refractivity contribution in [2.24, 2.45) is 0 Å². The number of hydrogen-bond donors (Lipinski definition) is 1. The van der Waals surface area contributed by atoms with Crippen molar-refractivity contribution in [2.45, 2.75) is 26.8 Å². The molecule has 0 aliphatic carbocycles. The molecular weight excluding hydrogens is 364 g/mol. The fraction of sp³-hybridized carbons (Fsp3) is 0.227. The zero-order chi connectivity index (χ0) is 20.3. The number of benzene rings is 3. The van der Waals surface area contributed by atoms with Crippen molar-refractivity contribution in [3.05, 3.63) is 65.7 Å². The lowest BCUT2D eigenvalue weighted by Crippen LogP contribution is -2.23. The third kappa shape index (κ3) is 4.39. The van der Waals surface area contributed by atoms with Gasteiger partial charge in [-0.3, -0.25) is 4.79 Å². The van der Waals surface area contributed by atoms with E-state index in [1.54, 1.807) is 19.1 Å². The van der Waals surface area contributed by atoms with Crippen LogP contribution in [-0.4, -0.2) is 12.5 Å². The van der Waals surface area contributed by atoms with Gasteiger partial charge in [0.15, 0.2) is 17.4 Å². The molecule has 3 aromatic carbocycles. The van der Waals surface area contributed by atoms with E-state index in [0.717, 1.165) is 28.5 Å². The van der Waals surface area contributed by atoms with Gasteiger partial charge in [-0.2, -0.15) is 0 Å². The van der Waals surface area contributed by atoms with Crippen LogP contribution in [0.5, 0.6) is 17.2 Å². The van der Waals surface area contributed by atoms with Crippen LogP contribution in [0.1, 0.15) is 32.4 Å². The Morgan fingerprint density at radius 1 is 1.00 bits per heavy atom. The molecule has 0 heterocycles. The van der Waals surface area contributed by atoms with Crippen LogP contribution in [0.25, 0.3) is 10.8 Å². The van der Waals surface area contributed by atoms with Crippen LogP contribution in [0.15, 0.2) is 48.5 Å². The first-order valence-corrected chi connectivity index (χ1v) is 8.98. The number of fused-ring (bicyclic) bond motifs is 1. The molecule has 0 fully saturated rings. The van der Waals surface area contributed by atoms with E-state index in [1.165, 1.54) is 6.92 Å². The Hall–Kier alpha value is -3.15. The van der Waals surface area contributed by atoms with E-state index in [-0.39, 0.29) is 24.3 Å². The number of hydrogen-bond acceptors (Lipinski definition) is 3. The van der Waals surface area contributed by atoms with Gasteiger partial charge in [-0.1, -0.05) is 18.2 Å². The standard InChI is InChI=1S/C22H21F2NO3/c1-4-27-22-20(23)11-19(12-21(22)24)28-18-8-7-16-9-15(5-6-17(16)10-18)13(2)25-14(3)26/h5-13H,4H2,1-3H3,(H,25,26). The summed E-state index contributed by atoms with van der Waals surface area (Å²) in [4.78, 5) is 11.2. The summed E-state index contributed by atoms with van der Waals surface area (Å²) in [5, 5.41) is 4.72. The largest absolute Gasteiger partial charge is 0.488 e. The number of rotatable bonds is 6. The minimum absolute atomic E-state index is 0.0497. The molecule has 0 saturated carbocycles. The number of ether oxygens (including phenoxy) is 2. The second-order valence-electron chi connectivity index (χ2n) is 6.44. The van der Waals surface area contributed by atoms with Gasteiger partial charge in [-0.25, -0.2) is 8.78 Å². The van der Waals surface area contributed by atoms with Gasteiger partial charge in [-0.15, -0.1) is 0 Å². The molecule has 146 valence electrons. The highest BCUT2D eigenvalue weighted by molar-refractivity contribution is 5.85. The van der Waals surface area contributed by atoms with Gasteiger partial charge >= 0.3 is 0 Å². The highest BCUT2D eigenvalue weighted by Crippen LogP contribution is 2.31. The smallest absolute Gasteiger partial charge is 0.217 e. The SMILES string of the molecule is CCOc1c(F)cc(Oc2ccc3cc(C(C)NC(C)=O)ccc3c2)cc1F. The van der Waals surface area contributed by atoms with Crippen molar-refractivity contribution in [2.75, 3.05) is 6.61 Å². The Bertz CT molecular complexity index is 997. The Morgan fingerprint density at radius 2 is 1.64 bits per heavy atom. The molecule has 0 aromatic heterocycles. The lowest BCUT2D eigenvalue weighted by molar-refractivity contribution is -0.119. The van der Waals surface area contributed by atoms with E-state index in [4.69, 9.17) is 9.47 Å². The Morgan fingerprint density at radius 3 is 2.29 bits per heavy atom. The molecule has 1 atom stereocenters. The predicted octanol–water partition coefficient (Wildman–Crippen LogP) is 5.51. The predicted molar refractivity (Wildman–Crippen MR) is 104 cm³/mol. The van der Waals surface area contributed by atoms with Gasteiger partial charge in [0.1, 0.15) is 11.5 Å². The summed E-state index contributed by atoms with van der Waals surface area (Å²) >= 11 is 0. The summed E-state index contributed by atoms with van der Waals surface area (Å²) in [6, 6.07) is 13.3. The zero-order valence-corrected chi connectivity index (χ0v) is 15.9. The van der Waals surface area contributed by atoms with Crippen LogP contribution in [0.4, 0.5) is 8.78 Å². The quantitative estimate of drug-likeness (QED) is 0.609. The summed E-state index contributed by atoms with van der Waals surface area (Å²) < 4.78 is 38.6. The molecule has 0 aliphatic rings. The molecule has 3 aromatic rings. The van der Waals surface area contributed by atoms with E-state index >= 15 is 0 Å². The highest BCUT2D eigenvalue weighted by Gasteiger charge is 2.14. The number of halogens is 2. The van der Waals surface area contributed by atoms with Gasteiger partial charge in [0.25, 0.3) is 0 Å². The third-order valence-electron chi connectivity index (χ3n) is 4.25. The average Bonchev–Trinajstić information content (AvgIpc) is 2.63. The van der Waals surface area contributed by atoms with Crippen molar-refractivity contribution in [3.8, 4) is 17.2 Å². The van der Waals surface area contributed by atoms with Crippen LogP contribution in [0.2, 0.25) is 0 Å². The normalized spacial score (nSPS) is 11.9. The van der Waals surface area contributed by atoms with E-state index in [1.807, 2.05) is 31.2 Å². The lowest BCUT2D eigenvalue weighted by Gasteiger charge is -2.14. The number of nitrogens with one attached hydrogen (secondary N) is 1. The molecule has 4 nitrogen and oxygen atoms in total. The molecule has 0 spiro atoms. The Kier molecular flexibility index (Phi) is 5.78. The Labute approximate surface area is 162 Å². The summed E-state index contributed by atoms with van der Waals surface area (Å²) in [6.45, 7) is 5.21. The van der Waals surface area contributed by atoms with Crippen LogP contribution < -0.4 is 14.8 Å². The molecule has 0 aliphatic heterocycles. The minimum atomic E-state index is -0.811. The number of carbonyl (C=O) groups is 1. The molecule has 1 amide bonds. The van der Waals surface area contributed by atoms with Gasteiger partial charge < -0.3 is 14.8 Å². The summed E-state index contributed by atoms with van der Waals surface area (Å²) in [5.74, 6) is -1.62. The van der Waals surface area contributed by atoms with Gasteiger partial charge in [-0.05, 0) is 48.4 Å². The molecule has 0 saturated heterocycles. The Balaban J connectivity index is 1.84. The summed E-state index contributed by atoms with van der Waals surface area (Å²) in [7, 11) is 0. The van der Waals surface area contributed by atoms with Gasteiger partial charge in [0, 0.05) is 19.1 Å². The molecule has 0 radical (unpaired) electrons. The monoisotopic (exact) mass is 385 g/mol. The molecule has 1 unspecified atom stereocenters. The summed E-state index contributed by atoms with van der Waals surface area (Å²) in [5.41, 5.74) is 0.979. The first-order chi connectivity index (χ1) is 13.4. The number of carbonyl (C=O) groups excluding carboxylic acids is 1. The maximum atomic E-state index is 14.0. The van der Waals surface area contributed by atoms with Gasteiger partial charge in [0.2, 0.25) is 5.91 Å². The van der Waals surface area contributed by atoms with Crippen molar-refractivity contribution < 1.29 is 23.0 Å². The fourth-order valence-electron chi connectivity index (χ4n) is 2.98. The maximum absolute atomic E-state index is 14.0. The van der Waals surface area contributed by atoms with Crippen LogP contribution >= 0.6 is 0 Å². The zero-order valence-electron chi connectivity index (χ0n) is 15.9. The second-order valence-corrected chi connectivity index (χ2v) is 6.44. The summed E-state index contributed by atoms with van der Waals surface area (Å²) in [6.07, 6.45) is 0. The third-order valence-corrected chi connectivity index (χ3v) is 4.25. The fourth-order valence-corrected chi connectivity index (χ4v) is 2.98.